The lowest BCUT2D eigenvalue weighted by atomic mass is 10.0. The summed E-state index contributed by atoms with van der Waals surface area (Å²) in [6.07, 6.45) is 1.98. The Hall–Kier alpha value is -3.40. The number of carboxylic acid groups (broad SMARTS) is 1. The molecule has 9 nitrogen and oxygen atoms in total. The monoisotopic (exact) mass is 549 g/mol. The Balaban J connectivity index is 1.24. The van der Waals surface area contributed by atoms with Gasteiger partial charge in [0.1, 0.15) is 19.9 Å². The zero-order chi connectivity index (χ0) is 28.3. The van der Waals surface area contributed by atoms with Gasteiger partial charge in [-0.15, -0.1) is 0 Å². The van der Waals surface area contributed by atoms with Crippen molar-refractivity contribution in [2.45, 2.75) is 58.3 Å². The minimum atomic E-state index is -1.08. The second-order valence-electron chi connectivity index (χ2n) is 11.6. The van der Waals surface area contributed by atoms with Crippen molar-refractivity contribution in [3.05, 3.63) is 70.0 Å². The van der Waals surface area contributed by atoms with Crippen LogP contribution in [0.25, 0.3) is 10.9 Å². The van der Waals surface area contributed by atoms with E-state index in [0.717, 1.165) is 50.5 Å². The zero-order valence-corrected chi connectivity index (χ0v) is 23.6. The number of aromatic carboxylic acids is 1. The highest BCUT2D eigenvalue weighted by molar-refractivity contribution is 6.02. The lowest BCUT2D eigenvalue weighted by molar-refractivity contribution is -0.0859. The molecule has 0 aliphatic carbocycles. The number of hydrogen-bond donors (Lipinski definition) is 1. The molecule has 0 amide bonds. The number of para-hydroxylation sites is 1. The molecular formula is C31H39N3O6. The van der Waals surface area contributed by atoms with E-state index in [1.54, 1.807) is 16.7 Å². The quantitative estimate of drug-likeness (QED) is 0.397. The van der Waals surface area contributed by atoms with Crippen molar-refractivity contribution in [2.75, 3.05) is 39.6 Å². The Bertz CT molecular complexity index is 1400. The van der Waals surface area contributed by atoms with E-state index < -0.39 is 5.97 Å². The van der Waals surface area contributed by atoms with Crippen molar-refractivity contribution >= 4 is 16.9 Å². The average molecular weight is 550 g/mol. The van der Waals surface area contributed by atoms with Gasteiger partial charge in [0.2, 0.25) is 0 Å². The number of fused-ring (bicyclic) bond motifs is 2. The summed E-state index contributed by atoms with van der Waals surface area (Å²) in [6.45, 7) is 11.7. The highest BCUT2D eigenvalue weighted by Gasteiger charge is 2.27. The van der Waals surface area contributed by atoms with Gasteiger partial charge in [-0.05, 0) is 70.5 Å². The van der Waals surface area contributed by atoms with Crippen LogP contribution >= 0.6 is 0 Å². The normalized spacial score (nSPS) is 16.5. The van der Waals surface area contributed by atoms with Gasteiger partial charge >= 0.3 is 5.97 Å². The van der Waals surface area contributed by atoms with E-state index in [1.165, 1.54) is 11.6 Å². The lowest BCUT2D eigenvalue weighted by Gasteiger charge is -2.39. The number of piperidine rings is 1. The van der Waals surface area contributed by atoms with Crippen molar-refractivity contribution in [3.8, 4) is 11.5 Å². The molecule has 0 unspecified atom stereocenters. The van der Waals surface area contributed by atoms with E-state index in [-0.39, 0.29) is 16.7 Å². The van der Waals surface area contributed by atoms with E-state index >= 15 is 0 Å². The number of ether oxygens (including phenoxy) is 3. The molecule has 40 heavy (non-hydrogen) atoms. The van der Waals surface area contributed by atoms with Gasteiger partial charge in [0.05, 0.1) is 16.7 Å². The molecule has 3 aromatic rings. The predicted octanol–water partition coefficient (Wildman–Crippen LogP) is 4.21. The largest absolute Gasteiger partial charge is 0.486 e. The van der Waals surface area contributed by atoms with Crippen LogP contribution in [0.2, 0.25) is 0 Å². The molecule has 5 rings (SSSR count). The molecule has 2 aliphatic rings. The fourth-order valence-electron chi connectivity index (χ4n) is 5.47. The van der Waals surface area contributed by atoms with Gasteiger partial charge in [-0.25, -0.2) is 4.79 Å². The summed E-state index contributed by atoms with van der Waals surface area (Å²) >= 11 is 0. The van der Waals surface area contributed by atoms with Gasteiger partial charge in [-0.1, -0.05) is 24.3 Å². The number of carbonyl (C=O) groups is 1. The maximum absolute atomic E-state index is 12.8. The van der Waals surface area contributed by atoms with Crippen molar-refractivity contribution < 1.29 is 24.1 Å². The van der Waals surface area contributed by atoms with Crippen LogP contribution in [0.5, 0.6) is 11.5 Å². The second-order valence-corrected chi connectivity index (χ2v) is 11.6. The predicted molar refractivity (Wildman–Crippen MR) is 153 cm³/mol. The van der Waals surface area contributed by atoms with Crippen LogP contribution in [-0.2, 0) is 17.8 Å². The third kappa shape index (κ3) is 6.66. The van der Waals surface area contributed by atoms with Gasteiger partial charge in [0, 0.05) is 37.1 Å². The highest BCUT2D eigenvalue weighted by Crippen LogP contribution is 2.32. The van der Waals surface area contributed by atoms with Gasteiger partial charge in [-0.3, -0.25) is 9.69 Å². The molecule has 9 heteroatoms. The lowest BCUT2D eigenvalue weighted by Crippen LogP contribution is -2.47. The number of hydrogen-bond acceptors (Lipinski definition) is 7. The summed E-state index contributed by atoms with van der Waals surface area (Å²) in [5, 5.41) is 10.1. The fourth-order valence-corrected chi connectivity index (χ4v) is 5.47. The first-order valence-corrected chi connectivity index (χ1v) is 14.0. The van der Waals surface area contributed by atoms with Crippen molar-refractivity contribution in [3.63, 3.8) is 0 Å². The Morgan fingerprint density at radius 1 is 1.02 bits per heavy atom. The van der Waals surface area contributed by atoms with Crippen LogP contribution in [0.4, 0.5) is 0 Å². The first-order chi connectivity index (χ1) is 19.2. The number of pyridine rings is 1. The molecule has 1 fully saturated rings. The molecular weight excluding hydrogens is 510 g/mol. The van der Waals surface area contributed by atoms with Gasteiger partial charge in [0.15, 0.2) is 11.5 Å². The topological polar surface area (TPSA) is 93.5 Å². The van der Waals surface area contributed by atoms with Crippen LogP contribution in [0.15, 0.2) is 53.3 Å². The molecule has 1 aromatic heterocycles. The van der Waals surface area contributed by atoms with Gasteiger partial charge in [-0.2, -0.15) is 0 Å². The third-order valence-electron chi connectivity index (χ3n) is 7.62. The highest BCUT2D eigenvalue weighted by atomic mass is 16.6. The first kappa shape index (κ1) is 28.1. The summed E-state index contributed by atoms with van der Waals surface area (Å²) in [7, 11) is 0. The molecule has 0 atom stereocenters. The van der Waals surface area contributed by atoms with Crippen LogP contribution < -0.4 is 15.0 Å². The minimum absolute atomic E-state index is 0.0493. The standard InChI is InChI=1S/C31H39N3O6/c1-31(2,3)40-21-33(20-22-8-9-27-28(18-22)39-17-16-38-27)23-10-12-32(13-11-23)14-15-34-26-7-5-4-6-24(26)25(30(36)37)19-29(34)35/h4-9,18-19,23H,10-17,20-21H2,1-3H3,(H,36,37). The van der Waals surface area contributed by atoms with Crippen LogP contribution in [0.3, 0.4) is 0 Å². The molecule has 0 bridgehead atoms. The molecule has 0 saturated carbocycles. The SMILES string of the molecule is CC(C)(C)OCN(Cc1ccc2c(c1)OCCO2)C1CCN(CCn2c(=O)cc(C(=O)O)c3ccccc32)CC1. The molecule has 1 N–H and O–H groups in total. The smallest absolute Gasteiger partial charge is 0.336 e. The van der Waals surface area contributed by atoms with E-state index in [2.05, 4.69) is 42.7 Å². The van der Waals surface area contributed by atoms with Crippen molar-refractivity contribution in [2.24, 2.45) is 0 Å². The van der Waals surface area contributed by atoms with Crippen LogP contribution in [-0.4, -0.2) is 76.7 Å². The van der Waals surface area contributed by atoms with Crippen molar-refractivity contribution in [1.29, 1.82) is 0 Å². The number of carboxylic acids is 1. The zero-order valence-electron chi connectivity index (χ0n) is 23.6. The maximum atomic E-state index is 12.8. The van der Waals surface area contributed by atoms with Gasteiger partial charge < -0.3 is 28.8 Å². The summed E-state index contributed by atoms with van der Waals surface area (Å²) in [5.74, 6) is 0.512. The minimum Gasteiger partial charge on any atom is -0.486 e. The summed E-state index contributed by atoms with van der Waals surface area (Å²) in [4.78, 5) is 29.3. The third-order valence-corrected chi connectivity index (χ3v) is 7.62. The number of aromatic nitrogens is 1. The average Bonchev–Trinajstić information content (AvgIpc) is 2.94. The molecule has 3 heterocycles. The van der Waals surface area contributed by atoms with E-state index in [1.807, 2.05) is 18.2 Å². The van der Waals surface area contributed by atoms with E-state index in [4.69, 9.17) is 14.2 Å². The Kier molecular flexibility index (Phi) is 8.44. The number of benzene rings is 2. The van der Waals surface area contributed by atoms with Crippen LogP contribution in [0, 0.1) is 0 Å². The van der Waals surface area contributed by atoms with E-state index in [9.17, 15) is 14.7 Å². The number of nitrogens with zero attached hydrogens (tertiary/aromatic N) is 3. The number of likely N-dealkylation sites (tertiary alicyclic amines) is 1. The number of rotatable bonds is 9. The summed E-state index contributed by atoms with van der Waals surface area (Å²) in [5.41, 5.74) is 1.36. The Morgan fingerprint density at radius 2 is 1.75 bits per heavy atom. The Labute approximate surface area is 234 Å². The molecule has 1 saturated heterocycles. The first-order valence-electron chi connectivity index (χ1n) is 14.0. The molecule has 0 radical (unpaired) electrons. The second kappa shape index (κ2) is 12.0. The maximum Gasteiger partial charge on any atom is 0.336 e. The molecule has 2 aromatic carbocycles. The van der Waals surface area contributed by atoms with Gasteiger partial charge in [0.25, 0.3) is 5.56 Å². The molecule has 214 valence electrons. The Morgan fingerprint density at radius 3 is 2.48 bits per heavy atom. The van der Waals surface area contributed by atoms with Crippen molar-refractivity contribution in [1.82, 2.24) is 14.4 Å². The van der Waals surface area contributed by atoms with E-state index in [0.29, 0.717) is 43.4 Å². The fraction of sp³-hybridized carbons (Fsp3) is 0.484. The van der Waals surface area contributed by atoms with Crippen LogP contribution in [0.1, 0.15) is 49.5 Å². The molecule has 2 aliphatic heterocycles. The molecule has 0 spiro atoms. The summed E-state index contributed by atoms with van der Waals surface area (Å²) in [6, 6.07) is 15.0. The summed E-state index contributed by atoms with van der Waals surface area (Å²) < 4.78 is 19.4.